The van der Waals surface area contributed by atoms with Gasteiger partial charge in [0.2, 0.25) is 0 Å². The van der Waals surface area contributed by atoms with Gasteiger partial charge in [-0.2, -0.15) is 0 Å². The van der Waals surface area contributed by atoms with Crippen LogP contribution in [0.15, 0.2) is 48.8 Å². The zero-order chi connectivity index (χ0) is 16.6. The lowest BCUT2D eigenvalue weighted by Crippen LogP contribution is -2.45. The Morgan fingerprint density at radius 3 is 3.00 bits per heavy atom. The smallest absolute Gasteiger partial charge is 0.0702 e. The second-order valence-electron chi connectivity index (χ2n) is 7.79. The molecule has 3 atom stereocenters. The van der Waals surface area contributed by atoms with Crippen LogP contribution in [0.25, 0.3) is 22.2 Å². The van der Waals surface area contributed by atoms with Gasteiger partial charge in [0.15, 0.2) is 0 Å². The van der Waals surface area contributed by atoms with Gasteiger partial charge in [-0.15, -0.1) is 0 Å². The molecule has 0 saturated carbocycles. The molecule has 2 saturated heterocycles. The number of H-pyrrole nitrogens is 1. The minimum atomic E-state index is 0.847. The fraction of sp³-hybridized carbons (Fsp3) is 0.409. The Labute approximate surface area is 149 Å². The maximum absolute atomic E-state index is 4.76. The Balaban J connectivity index is 1.32. The van der Waals surface area contributed by atoms with Crippen LogP contribution in [0.1, 0.15) is 24.8 Å². The van der Waals surface area contributed by atoms with E-state index in [9.17, 15) is 0 Å². The first kappa shape index (κ1) is 15.2. The van der Waals surface area contributed by atoms with E-state index >= 15 is 0 Å². The number of piperidine rings is 2. The van der Waals surface area contributed by atoms with Crippen LogP contribution < -0.4 is 0 Å². The average molecular weight is 331 g/mol. The van der Waals surface area contributed by atoms with Gasteiger partial charge in [0.05, 0.1) is 5.69 Å². The van der Waals surface area contributed by atoms with Crippen LogP contribution in [-0.2, 0) is 6.42 Å². The third-order valence-electron chi connectivity index (χ3n) is 6.20. The van der Waals surface area contributed by atoms with Gasteiger partial charge in [0.25, 0.3) is 0 Å². The topological polar surface area (TPSA) is 31.9 Å². The third kappa shape index (κ3) is 2.98. The molecule has 2 fully saturated rings. The lowest BCUT2D eigenvalue weighted by atomic mass is 9.77. The average Bonchev–Trinajstić information content (AvgIpc) is 3.13. The lowest BCUT2D eigenvalue weighted by molar-refractivity contribution is 0.0740. The largest absolute Gasteiger partial charge is 0.361 e. The Morgan fingerprint density at radius 1 is 1.08 bits per heavy atom. The summed E-state index contributed by atoms with van der Waals surface area (Å²) < 4.78 is 0. The van der Waals surface area contributed by atoms with Crippen molar-refractivity contribution in [1.82, 2.24) is 14.9 Å². The van der Waals surface area contributed by atoms with Crippen molar-refractivity contribution in [2.24, 2.45) is 11.8 Å². The molecule has 0 spiro atoms. The molecule has 0 radical (unpaired) electrons. The van der Waals surface area contributed by atoms with Crippen molar-refractivity contribution in [1.29, 1.82) is 0 Å². The normalized spacial score (nSPS) is 26.0. The number of fused-ring (bicyclic) bond motifs is 3. The summed E-state index contributed by atoms with van der Waals surface area (Å²) in [5.74, 6) is 1.75. The molecule has 2 aliphatic rings. The molecule has 4 heterocycles. The van der Waals surface area contributed by atoms with Gasteiger partial charge in [0, 0.05) is 30.0 Å². The van der Waals surface area contributed by atoms with Gasteiger partial charge in [-0.3, -0.25) is 4.98 Å². The molecule has 3 unspecified atom stereocenters. The fourth-order valence-electron chi connectivity index (χ4n) is 4.76. The van der Waals surface area contributed by atoms with E-state index in [0.29, 0.717) is 0 Å². The van der Waals surface area contributed by atoms with E-state index in [1.807, 2.05) is 6.20 Å². The molecule has 0 amide bonds. The molecule has 128 valence electrons. The van der Waals surface area contributed by atoms with Gasteiger partial charge in [-0.1, -0.05) is 18.2 Å². The van der Waals surface area contributed by atoms with Crippen LogP contribution in [0.3, 0.4) is 0 Å². The van der Waals surface area contributed by atoms with Crippen LogP contribution in [0.5, 0.6) is 0 Å². The van der Waals surface area contributed by atoms with Gasteiger partial charge >= 0.3 is 0 Å². The van der Waals surface area contributed by atoms with Crippen molar-refractivity contribution in [3.8, 4) is 11.3 Å². The molecule has 0 aliphatic carbocycles. The molecule has 2 aromatic heterocycles. The van der Waals surface area contributed by atoms with Crippen molar-refractivity contribution in [2.75, 3.05) is 19.6 Å². The Bertz CT molecular complexity index is 864. The highest BCUT2D eigenvalue weighted by Gasteiger charge is 2.31. The summed E-state index contributed by atoms with van der Waals surface area (Å²) >= 11 is 0. The number of hydrogen-bond acceptors (Lipinski definition) is 2. The van der Waals surface area contributed by atoms with Crippen molar-refractivity contribution >= 4 is 10.9 Å². The minimum absolute atomic E-state index is 0.847. The van der Waals surface area contributed by atoms with E-state index < -0.39 is 0 Å². The molecule has 1 aromatic carbocycles. The summed E-state index contributed by atoms with van der Waals surface area (Å²) in [4.78, 5) is 10.7. The molecular formula is C22H25N3. The van der Waals surface area contributed by atoms with Gasteiger partial charge in [-0.05, 0) is 79.8 Å². The van der Waals surface area contributed by atoms with Crippen LogP contribution in [-0.4, -0.2) is 34.5 Å². The second-order valence-corrected chi connectivity index (χ2v) is 7.79. The van der Waals surface area contributed by atoms with Crippen LogP contribution in [0.4, 0.5) is 0 Å². The number of pyridine rings is 1. The van der Waals surface area contributed by atoms with Gasteiger partial charge < -0.3 is 9.88 Å². The standard InChI is InChI=1S/C22H25N3/c1-2-20-15-25(10-1)11-8-18(20)12-16-3-6-21(24-14-16)19-5-4-17-7-9-23-22(17)13-19/h3-7,9,13-14,18,20,23H,1-2,8,10-12,15H2. The molecule has 3 nitrogen and oxygen atoms in total. The van der Waals surface area contributed by atoms with Gasteiger partial charge in [-0.25, -0.2) is 0 Å². The molecular weight excluding hydrogens is 306 g/mol. The summed E-state index contributed by atoms with van der Waals surface area (Å²) in [7, 11) is 0. The number of rotatable bonds is 3. The molecule has 1 N–H and O–H groups in total. The number of hydrogen-bond donors (Lipinski definition) is 1. The summed E-state index contributed by atoms with van der Waals surface area (Å²) in [5.41, 5.74) is 4.82. The van der Waals surface area contributed by atoms with E-state index in [2.05, 4.69) is 52.5 Å². The van der Waals surface area contributed by atoms with E-state index in [4.69, 9.17) is 4.98 Å². The monoisotopic (exact) mass is 331 g/mol. The predicted octanol–water partition coefficient (Wildman–Crippen LogP) is 4.50. The summed E-state index contributed by atoms with van der Waals surface area (Å²) in [5, 5.41) is 1.25. The number of aromatic nitrogens is 2. The van der Waals surface area contributed by atoms with Crippen molar-refractivity contribution in [3.05, 3.63) is 54.4 Å². The third-order valence-corrected chi connectivity index (χ3v) is 6.20. The van der Waals surface area contributed by atoms with E-state index in [-0.39, 0.29) is 0 Å². The SMILES string of the molecule is c1cc2ccc(-c3ccc(CC4CCN5CCCC4C5)cn3)cc2[nH]1. The van der Waals surface area contributed by atoms with E-state index in [0.717, 1.165) is 17.5 Å². The second kappa shape index (κ2) is 6.30. The zero-order valence-corrected chi connectivity index (χ0v) is 14.6. The Kier molecular flexibility index (Phi) is 3.82. The van der Waals surface area contributed by atoms with Crippen LogP contribution in [0, 0.1) is 11.8 Å². The summed E-state index contributed by atoms with van der Waals surface area (Å²) in [6, 6.07) is 13.1. The Morgan fingerprint density at radius 2 is 2.08 bits per heavy atom. The maximum atomic E-state index is 4.76. The number of benzene rings is 1. The minimum Gasteiger partial charge on any atom is -0.361 e. The van der Waals surface area contributed by atoms with Crippen LogP contribution in [0.2, 0.25) is 0 Å². The first-order chi connectivity index (χ1) is 12.3. The predicted molar refractivity (Wildman–Crippen MR) is 103 cm³/mol. The van der Waals surface area contributed by atoms with E-state index in [1.165, 1.54) is 67.3 Å². The highest BCUT2D eigenvalue weighted by Crippen LogP contribution is 2.33. The molecule has 2 bridgehead atoms. The summed E-state index contributed by atoms with van der Waals surface area (Å²) in [6.07, 6.45) is 9.45. The number of nitrogens with zero attached hydrogens (tertiary/aromatic N) is 2. The molecule has 2 aliphatic heterocycles. The van der Waals surface area contributed by atoms with Gasteiger partial charge in [0.1, 0.15) is 0 Å². The lowest BCUT2D eigenvalue weighted by Gasteiger charge is -2.42. The van der Waals surface area contributed by atoms with Crippen molar-refractivity contribution < 1.29 is 0 Å². The van der Waals surface area contributed by atoms with Crippen LogP contribution >= 0.6 is 0 Å². The van der Waals surface area contributed by atoms with Crippen molar-refractivity contribution in [3.63, 3.8) is 0 Å². The number of nitrogens with one attached hydrogen (secondary N) is 1. The Hall–Kier alpha value is -2.13. The molecule has 5 rings (SSSR count). The highest BCUT2D eigenvalue weighted by molar-refractivity contribution is 5.84. The quantitative estimate of drug-likeness (QED) is 0.766. The molecule has 25 heavy (non-hydrogen) atoms. The van der Waals surface area contributed by atoms with Crippen molar-refractivity contribution in [2.45, 2.75) is 25.7 Å². The highest BCUT2D eigenvalue weighted by atomic mass is 15.1. The number of aromatic amines is 1. The first-order valence-electron chi connectivity index (χ1n) is 9.60. The van der Waals surface area contributed by atoms with E-state index in [1.54, 1.807) is 0 Å². The molecule has 3 aromatic rings. The maximum Gasteiger partial charge on any atom is 0.0702 e. The molecule has 3 heteroatoms. The fourth-order valence-corrected chi connectivity index (χ4v) is 4.76. The zero-order valence-electron chi connectivity index (χ0n) is 14.6. The summed E-state index contributed by atoms with van der Waals surface area (Å²) in [6.45, 7) is 3.94. The first-order valence-corrected chi connectivity index (χ1v) is 9.60.